The van der Waals surface area contributed by atoms with Gasteiger partial charge in [0.25, 0.3) is 0 Å². The largest absolute Gasteiger partial charge is 0.467 e. The zero-order valence-electron chi connectivity index (χ0n) is 7.62. The molecule has 0 fully saturated rings. The van der Waals surface area contributed by atoms with Gasteiger partial charge in [-0.2, -0.15) is 0 Å². The minimum atomic E-state index is -1.01. The number of hydrogen-bond acceptors (Lipinski definition) is 3. The molecule has 12 heavy (non-hydrogen) atoms. The fourth-order valence-corrected chi connectivity index (χ4v) is 0.742. The average Bonchev–Trinajstić information content (AvgIpc) is 2.10. The van der Waals surface area contributed by atoms with Gasteiger partial charge < -0.3 is 9.84 Å². The summed E-state index contributed by atoms with van der Waals surface area (Å²) in [5.41, 5.74) is 0. The van der Waals surface area contributed by atoms with E-state index >= 15 is 0 Å². The second kappa shape index (κ2) is 6.85. The van der Waals surface area contributed by atoms with Crippen molar-refractivity contribution in [1.29, 1.82) is 0 Å². The van der Waals surface area contributed by atoms with E-state index in [1.807, 2.05) is 6.08 Å². The van der Waals surface area contributed by atoms with E-state index in [4.69, 9.17) is 5.11 Å². The standard InChI is InChI=1S/C9H16O3/c1-3-4-5-6-7-8(10)9(11)12-2/h5-6,8,10H,3-4,7H2,1-2H3. The zero-order valence-corrected chi connectivity index (χ0v) is 7.62. The first kappa shape index (κ1) is 11.2. The average molecular weight is 172 g/mol. The van der Waals surface area contributed by atoms with Gasteiger partial charge in [0.2, 0.25) is 0 Å². The van der Waals surface area contributed by atoms with Gasteiger partial charge in [0.1, 0.15) is 0 Å². The maximum Gasteiger partial charge on any atom is 0.335 e. The molecule has 0 saturated carbocycles. The summed E-state index contributed by atoms with van der Waals surface area (Å²) in [6, 6.07) is 0. The molecule has 0 aromatic heterocycles. The van der Waals surface area contributed by atoms with Crippen molar-refractivity contribution in [3.63, 3.8) is 0 Å². The molecular formula is C9H16O3. The highest BCUT2D eigenvalue weighted by Crippen LogP contribution is 1.97. The number of methoxy groups -OCH3 is 1. The quantitative estimate of drug-likeness (QED) is 0.501. The van der Waals surface area contributed by atoms with Crippen molar-refractivity contribution in [1.82, 2.24) is 0 Å². The third-order valence-corrected chi connectivity index (χ3v) is 1.45. The van der Waals surface area contributed by atoms with Gasteiger partial charge in [-0.3, -0.25) is 0 Å². The van der Waals surface area contributed by atoms with Gasteiger partial charge in [-0.05, 0) is 6.42 Å². The molecule has 0 bridgehead atoms. The lowest BCUT2D eigenvalue weighted by Gasteiger charge is -2.03. The number of aliphatic hydroxyl groups excluding tert-OH is 1. The van der Waals surface area contributed by atoms with Crippen LogP contribution >= 0.6 is 0 Å². The number of carbonyl (C=O) groups is 1. The van der Waals surface area contributed by atoms with Crippen molar-refractivity contribution < 1.29 is 14.6 Å². The van der Waals surface area contributed by atoms with E-state index in [2.05, 4.69) is 11.7 Å². The summed E-state index contributed by atoms with van der Waals surface area (Å²) in [7, 11) is 1.27. The van der Waals surface area contributed by atoms with Crippen LogP contribution in [0.1, 0.15) is 26.2 Å². The fraction of sp³-hybridized carbons (Fsp3) is 0.667. The number of allylic oxidation sites excluding steroid dienone is 1. The minimum absolute atomic E-state index is 0.340. The van der Waals surface area contributed by atoms with Crippen molar-refractivity contribution in [2.75, 3.05) is 7.11 Å². The van der Waals surface area contributed by atoms with Crippen molar-refractivity contribution in [3.8, 4) is 0 Å². The Morgan fingerprint density at radius 2 is 2.25 bits per heavy atom. The number of carbonyl (C=O) groups excluding carboxylic acids is 1. The van der Waals surface area contributed by atoms with Gasteiger partial charge >= 0.3 is 5.97 Å². The second-order valence-electron chi connectivity index (χ2n) is 2.53. The normalized spacial score (nSPS) is 13.2. The van der Waals surface area contributed by atoms with Crippen molar-refractivity contribution in [2.45, 2.75) is 32.3 Å². The van der Waals surface area contributed by atoms with Crippen LogP contribution in [0.2, 0.25) is 0 Å². The Morgan fingerprint density at radius 1 is 1.58 bits per heavy atom. The number of esters is 1. The molecule has 0 heterocycles. The topological polar surface area (TPSA) is 46.5 Å². The van der Waals surface area contributed by atoms with Crippen LogP contribution in [0.15, 0.2) is 12.2 Å². The van der Waals surface area contributed by atoms with Crippen LogP contribution in [-0.2, 0) is 9.53 Å². The highest BCUT2D eigenvalue weighted by molar-refractivity contribution is 5.74. The molecule has 70 valence electrons. The first-order valence-corrected chi connectivity index (χ1v) is 4.13. The van der Waals surface area contributed by atoms with E-state index in [-0.39, 0.29) is 0 Å². The van der Waals surface area contributed by atoms with E-state index in [1.54, 1.807) is 6.08 Å². The Bertz CT molecular complexity index is 152. The molecule has 0 aliphatic heterocycles. The molecule has 0 radical (unpaired) electrons. The van der Waals surface area contributed by atoms with Gasteiger partial charge in [-0.15, -0.1) is 0 Å². The Labute approximate surface area is 73.0 Å². The highest BCUT2D eigenvalue weighted by Gasteiger charge is 2.12. The van der Waals surface area contributed by atoms with Crippen LogP contribution in [0.4, 0.5) is 0 Å². The molecule has 3 heteroatoms. The maximum absolute atomic E-state index is 10.7. The summed E-state index contributed by atoms with van der Waals surface area (Å²) >= 11 is 0. The summed E-state index contributed by atoms with van der Waals surface area (Å²) in [4.78, 5) is 10.7. The van der Waals surface area contributed by atoms with Crippen LogP contribution in [0.3, 0.4) is 0 Å². The van der Waals surface area contributed by atoms with Crippen LogP contribution in [0.25, 0.3) is 0 Å². The molecule has 0 spiro atoms. The zero-order chi connectivity index (χ0) is 9.40. The second-order valence-corrected chi connectivity index (χ2v) is 2.53. The molecule has 0 amide bonds. The summed E-state index contributed by atoms with van der Waals surface area (Å²) in [5, 5.41) is 9.09. The molecule has 1 unspecified atom stereocenters. The number of rotatable bonds is 5. The summed E-state index contributed by atoms with van der Waals surface area (Å²) in [6.07, 6.45) is 5.13. The molecule has 0 aromatic rings. The molecule has 0 aliphatic rings. The lowest BCUT2D eigenvalue weighted by Crippen LogP contribution is -2.20. The first-order valence-electron chi connectivity index (χ1n) is 4.13. The summed E-state index contributed by atoms with van der Waals surface area (Å²) < 4.78 is 4.35. The Kier molecular flexibility index (Phi) is 6.38. The van der Waals surface area contributed by atoms with Crippen LogP contribution in [0, 0.1) is 0 Å². The maximum atomic E-state index is 10.7. The SMILES string of the molecule is CCCC=CCC(O)C(=O)OC. The molecule has 1 atom stereocenters. The summed E-state index contributed by atoms with van der Waals surface area (Å²) in [5.74, 6) is -0.573. The van der Waals surface area contributed by atoms with Crippen molar-refractivity contribution in [2.24, 2.45) is 0 Å². The number of aliphatic hydroxyl groups is 1. The predicted molar refractivity (Wildman–Crippen MR) is 46.7 cm³/mol. The molecular weight excluding hydrogens is 156 g/mol. The lowest BCUT2D eigenvalue weighted by molar-refractivity contribution is -0.150. The van der Waals surface area contributed by atoms with Crippen LogP contribution in [0.5, 0.6) is 0 Å². The number of ether oxygens (including phenoxy) is 1. The minimum Gasteiger partial charge on any atom is -0.467 e. The fourth-order valence-electron chi connectivity index (χ4n) is 0.742. The summed E-state index contributed by atoms with van der Waals surface area (Å²) in [6.45, 7) is 2.07. The van der Waals surface area contributed by atoms with E-state index in [0.717, 1.165) is 12.8 Å². The van der Waals surface area contributed by atoms with E-state index < -0.39 is 12.1 Å². The van der Waals surface area contributed by atoms with Gasteiger partial charge in [0.05, 0.1) is 7.11 Å². The lowest BCUT2D eigenvalue weighted by atomic mass is 10.2. The molecule has 0 aliphatic carbocycles. The molecule has 3 nitrogen and oxygen atoms in total. The Balaban J connectivity index is 3.55. The Hall–Kier alpha value is -0.830. The Morgan fingerprint density at radius 3 is 2.75 bits per heavy atom. The predicted octanol–water partition coefficient (Wildman–Crippen LogP) is 1.27. The smallest absolute Gasteiger partial charge is 0.335 e. The van der Waals surface area contributed by atoms with Gasteiger partial charge in [0, 0.05) is 6.42 Å². The number of unbranched alkanes of at least 4 members (excludes halogenated alkanes) is 1. The van der Waals surface area contributed by atoms with E-state index in [9.17, 15) is 4.79 Å². The van der Waals surface area contributed by atoms with Gasteiger partial charge in [-0.1, -0.05) is 25.5 Å². The molecule has 1 N–H and O–H groups in total. The highest BCUT2D eigenvalue weighted by atomic mass is 16.5. The van der Waals surface area contributed by atoms with Crippen molar-refractivity contribution in [3.05, 3.63) is 12.2 Å². The van der Waals surface area contributed by atoms with E-state index in [0.29, 0.717) is 6.42 Å². The molecule has 0 rings (SSSR count). The van der Waals surface area contributed by atoms with E-state index in [1.165, 1.54) is 7.11 Å². The molecule has 0 aromatic carbocycles. The third kappa shape index (κ3) is 4.91. The molecule has 0 saturated heterocycles. The van der Waals surface area contributed by atoms with Gasteiger partial charge in [0.15, 0.2) is 6.10 Å². The first-order chi connectivity index (χ1) is 5.72. The van der Waals surface area contributed by atoms with Gasteiger partial charge in [-0.25, -0.2) is 4.79 Å². The van der Waals surface area contributed by atoms with Crippen molar-refractivity contribution >= 4 is 5.97 Å². The third-order valence-electron chi connectivity index (χ3n) is 1.45. The van der Waals surface area contributed by atoms with Crippen LogP contribution < -0.4 is 0 Å². The number of hydrogen-bond donors (Lipinski definition) is 1. The van der Waals surface area contributed by atoms with Crippen LogP contribution in [-0.4, -0.2) is 24.3 Å². The monoisotopic (exact) mass is 172 g/mol.